The van der Waals surface area contributed by atoms with Crippen molar-refractivity contribution in [2.75, 3.05) is 7.11 Å². The summed E-state index contributed by atoms with van der Waals surface area (Å²) in [5, 5.41) is 11.7. The first-order valence-electron chi connectivity index (χ1n) is 4.61. The summed E-state index contributed by atoms with van der Waals surface area (Å²) in [6.07, 6.45) is 0.383. The highest BCUT2D eigenvalue weighted by atomic mass is 16.5. The van der Waals surface area contributed by atoms with Crippen LogP contribution in [0.25, 0.3) is 0 Å². The number of carbonyl (C=O) groups is 1. The minimum absolute atomic E-state index is 0.196. The predicted octanol–water partition coefficient (Wildman–Crippen LogP) is 1.57. The van der Waals surface area contributed by atoms with E-state index in [1.807, 2.05) is 6.92 Å². The lowest BCUT2D eigenvalue weighted by molar-refractivity contribution is 0.106. The van der Waals surface area contributed by atoms with Crippen LogP contribution < -0.4 is 4.74 Å². The maximum atomic E-state index is 11.6. The number of fused-ring (bicyclic) bond motifs is 1. The third kappa shape index (κ3) is 1.29. The lowest BCUT2D eigenvalue weighted by Crippen LogP contribution is -2.06. The first-order chi connectivity index (χ1) is 7.19. The first kappa shape index (κ1) is 9.71. The van der Waals surface area contributed by atoms with Crippen molar-refractivity contribution in [2.45, 2.75) is 13.3 Å². The third-order valence-corrected chi connectivity index (χ3v) is 2.74. The molecule has 0 aromatic heterocycles. The van der Waals surface area contributed by atoms with Crippen LogP contribution in [0.5, 0.6) is 5.75 Å². The van der Waals surface area contributed by atoms with E-state index in [9.17, 15) is 4.79 Å². The molecule has 0 saturated carbocycles. The monoisotopic (exact) mass is 205 g/mol. The number of ether oxygens (including phenoxy) is 1. The molecule has 0 unspecified atom stereocenters. The molecule has 4 nitrogen and oxygen atoms in total. The lowest BCUT2D eigenvalue weighted by Gasteiger charge is -2.07. The quantitative estimate of drug-likeness (QED) is 0.559. The molecule has 0 heterocycles. The average molecular weight is 205 g/mol. The summed E-state index contributed by atoms with van der Waals surface area (Å²) in [5.74, 6) is 0.555. The summed E-state index contributed by atoms with van der Waals surface area (Å²) in [5.41, 5.74) is 2.64. The Hall–Kier alpha value is -1.84. The zero-order valence-corrected chi connectivity index (χ0v) is 8.57. The minimum atomic E-state index is -0.196. The van der Waals surface area contributed by atoms with Crippen LogP contribution >= 0.6 is 0 Å². The Morgan fingerprint density at radius 3 is 2.80 bits per heavy atom. The number of carbonyl (C=O) groups excluding carboxylic acids is 1. The van der Waals surface area contributed by atoms with Gasteiger partial charge < -0.3 is 9.94 Å². The van der Waals surface area contributed by atoms with Crippen LogP contribution in [0.3, 0.4) is 0 Å². The molecular weight excluding hydrogens is 194 g/mol. The molecule has 0 fully saturated rings. The molecule has 0 aliphatic heterocycles. The van der Waals surface area contributed by atoms with E-state index in [4.69, 9.17) is 9.94 Å². The molecule has 1 N–H and O–H groups in total. The van der Waals surface area contributed by atoms with E-state index in [0.717, 1.165) is 16.9 Å². The number of oxime groups is 1. The van der Waals surface area contributed by atoms with Crippen LogP contribution in [0.1, 0.15) is 21.5 Å². The van der Waals surface area contributed by atoms with Gasteiger partial charge in [0.15, 0.2) is 0 Å². The Labute approximate surface area is 87.2 Å². The highest BCUT2D eigenvalue weighted by molar-refractivity contribution is 6.49. The van der Waals surface area contributed by atoms with Crippen molar-refractivity contribution in [3.05, 3.63) is 28.8 Å². The van der Waals surface area contributed by atoms with Gasteiger partial charge in [0, 0.05) is 12.0 Å². The van der Waals surface area contributed by atoms with Crippen LogP contribution in [0.15, 0.2) is 17.3 Å². The molecule has 1 aromatic rings. The number of Topliss-reactive ketones (excluding diaryl/α,β-unsaturated/α-hetero) is 1. The van der Waals surface area contributed by atoms with Gasteiger partial charge in [0.25, 0.3) is 0 Å². The fourth-order valence-electron chi connectivity index (χ4n) is 1.88. The molecule has 15 heavy (non-hydrogen) atoms. The summed E-state index contributed by atoms with van der Waals surface area (Å²) in [4.78, 5) is 11.6. The van der Waals surface area contributed by atoms with E-state index in [2.05, 4.69) is 5.16 Å². The van der Waals surface area contributed by atoms with Crippen LogP contribution in [0, 0.1) is 6.92 Å². The Morgan fingerprint density at radius 1 is 1.47 bits per heavy atom. The second kappa shape index (κ2) is 3.38. The van der Waals surface area contributed by atoms with Crippen LogP contribution in [-0.2, 0) is 6.42 Å². The summed E-state index contributed by atoms with van der Waals surface area (Å²) in [6, 6.07) is 3.47. The van der Waals surface area contributed by atoms with E-state index in [0.29, 0.717) is 12.0 Å². The number of ketones is 1. The Bertz CT molecular complexity index is 463. The highest BCUT2D eigenvalue weighted by Gasteiger charge is 2.29. The second-order valence-electron chi connectivity index (χ2n) is 3.47. The number of hydrogen-bond acceptors (Lipinski definition) is 4. The Morgan fingerprint density at radius 2 is 2.20 bits per heavy atom. The lowest BCUT2D eigenvalue weighted by atomic mass is 10.0. The van der Waals surface area contributed by atoms with Gasteiger partial charge in [-0.05, 0) is 30.2 Å². The van der Waals surface area contributed by atoms with Crippen molar-refractivity contribution in [3.63, 3.8) is 0 Å². The molecule has 0 atom stereocenters. The topological polar surface area (TPSA) is 58.9 Å². The highest BCUT2D eigenvalue weighted by Crippen LogP contribution is 2.30. The number of benzene rings is 1. The Balaban J connectivity index is 2.60. The molecule has 1 aromatic carbocycles. The van der Waals surface area contributed by atoms with Crippen LogP contribution in [-0.4, -0.2) is 23.8 Å². The molecular formula is C11H11NO3. The zero-order valence-electron chi connectivity index (χ0n) is 8.57. The normalized spacial score (nSPS) is 16.9. The molecule has 1 aliphatic carbocycles. The molecule has 0 bridgehead atoms. The molecule has 0 amide bonds. The van der Waals surface area contributed by atoms with Gasteiger partial charge in [0.1, 0.15) is 11.5 Å². The van der Waals surface area contributed by atoms with E-state index < -0.39 is 0 Å². The van der Waals surface area contributed by atoms with Gasteiger partial charge in [-0.25, -0.2) is 0 Å². The fraction of sp³-hybridized carbons (Fsp3) is 0.273. The molecule has 4 heteroatoms. The van der Waals surface area contributed by atoms with Gasteiger partial charge in [-0.15, -0.1) is 0 Å². The Kier molecular flexibility index (Phi) is 2.19. The zero-order chi connectivity index (χ0) is 11.0. The van der Waals surface area contributed by atoms with E-state index in [-0.39, 0.29) is 11.5 Å². The molecule has 2 rings (SSSR count). The van der Waals surface area contributed by atoms with Gasteiger partial charge in [-0.2, -0.15) is 0 Å². The van der Waals surface area contributed by atoms with Crippen molar-refractivity contribution < 1.29 is 14.7 Å². The summed E-state index contributed by atoms with van der Waals surface area (Å²) in [6.45, 7) is 1.89. The van der Waals surface area contributed by atoms with E-state index in [1.165, 1.54) is 0 Å². The van der Waals surface area contributed by atoms with Gasteiger partial charge >= 0.3 is 0 Å². The third-order valence-electron chi connectivity index (χ3n) is 2.74. The largest absolute Gasteiger partial charge is 0.496 e. The van der Waals surface area contributed by atoms with E-state index in [1.54, 1.807) is 19.2 Å². The number of rotatable bonds is 1. The summed E-state index contributed by atoms with van der Waals surface area (Å²) < 4.78 is 5.16. The van der Waals surface area contributed by atoms with Crippen molar-refractivity contribution in [1.82, 2.24) is 0 Å². The molecule has 78 valence electrons. The average Bonchev–Trinajstić information content (AvgIpc) is 2.57. The number of hydrogen-bond donors (Lipinski definition) is 1. The van der Waals surface area contributed by atoms with Crippen LogP contribution in [0.4, 0.5) is 0 Å². The molecule has 0 spiro atoms. The van der Waals surface area contributed by atoms with Crippen molar-refractivity contribution >= 4 is 11.5 Å². The molecule has 0 saturated heterocycles. The maximum Gasteiger partial charge on any atom is 0.211 e. The van der Waals surface area contributed by atoms with Gasteiger partial charge in [0.05, 0.1) is 7.11 Å². The molecule has 0 radical (unpaired) electrons. The predicted molar refractivity (Wildman–Crippen MR) is 55.0 cm³/mol. The number of methoxy groups -OCH3 is 1. The summed E-state index contributed by atoms with van der Waals surface area (Å²) >= 11 is 0. The fourth-order valence-corrected chi connectivity index (χ4v) is 1.88. The standard InChI is InChI=1S/C11H11NO3/c1-6-8-5-9(12-14)11(13)7(8)3-4-10(6)15-2/h3-4,14H,5H2,1-2H3. The smallest absolute Gasteiger partial charge is 0.211 e. The minimum Gasteiger partial charge on any atom is -0.496 e. The van der Waals surface area contributed by atoms with Crippen LogP contribution in [0.2, 0.25) is 0 Å². The van der Waals surface area contributed by atoms with Crippen molar-refractivity contribution in [1.29, 1.82) is 0 Å². The van der Waals surface area contributed by atoms with Crippen molar-refractivity contribution in [2.24, 2.45) is 5.16 Å². The summed E-state index contributed by atoms with van der Waals surface area (Å²) in [7, 11) is 1.59. The molecule has 1 aliphatic rings. The SMILES string of the molecule is COc1ccc2c(c1C)CC(=NO)C2=O. The second-order valence-corrected chi connectivity index (χ2v) is 3.47. The van der Waals surface area contributed by atoms with Gasteiger partial charge in [-0.3, -0.25) is 4.79 Å². The maximum absolute atomic E-state index is 11.6. The van der Waals surface area contributed by atoms with Gasteiger partial charge in [-0.1, -0.05) is 5.16 Å². The first-order valence-corrected chi connectivity index (χ1v) is 4.61. The van der Waals surface area contributed by atoms with Crippen molar-refractivity contribution in [3.8, 4) is 5.75 Å². The van der Waals surface area contributed by atoms with Gasteiger partial charge in [0.2, 0.25) is 5.78 Å². The number of nitrogens with zero attached hydrogens (tertiary/aromatic N) is 1. The van der Waals surface area contributed by atoms with E-state index >= 15 is 0 Å².